The van der Waals surface area contributed by atoms with Crippen molar-refractivity contribution < 1.29 is 4.79 Å². The smallest absolute Gasteiger partial charge is 0.284 e. The van der Waals surface area contributed by atoms with Gasteiger partial charge in [-0.15, -0.1) is 10.2 Å². The van der Waals surface area contributed by atoms with Crippen LogP contribution in [0.5, 0.6) is 0 Å². The highest BCUT2D eigenvalue weighted by molar-refractivity contribution is 7.16. The number of hydrogen-bond donors (Lipinski definition) is 1. The quantitative estimate of drug-likeness (QED) is 0.700. The number of amides is 1. The molecule has 0 bridgehead atoms. The number of hydrogen-bond acceptors (Lipinski definition) is 6. The van der Waals surface area contributed by atoms with E-state index in [0.717, 1.165) is 37.5 Å². The summed E-state index contributed by atoms with van der Waals surface area (Å²) in [4.78, 5) is 15.9. The van der Waals surface area contributed by atoms with Crippen molar-refractivity contribution in [1.82, 2.24) is 20.0 Å². The van der Waals surface area contributed by atoms with Gasteiger partial charge in [-0.2, -0.15) is 0 Å². The Labute approximate surface area is 91.7 Å². The third-order valence-corrected chi connectivity index (χ3v) is 3.15. The molecule has 0 atom stereocenters. The molecule has 1 amide bonds. The molecule has 2 rings (SSSR count). The molecule has 82 valence electrons. The highest BCUT2D eigenvalue weighted by Crippen LogP contribution is 2.14. The van der Waals surface area contributed by atoms with Crippen LogP contribution in [0, 0.1) is 0 Å². The zero-order valence-electron chi connectivity index (χ0n) is 8.51. The number of piperazine rings is 1. The van der Waals surface area contributed by atoms with Crippen LogP contribution in [0.2, 0.25) is 0 Å². The number of rotatable bonds is 1. The fraction of sp³-hybridized carbons (Fsp3) is 0.625. The number of nitrogens with zero attached hydrogens (tertiary/aromatic N) is 4. The first kappa shape index (κ1) is 10.3. The van der Waals surface area contributed by atoms with Gasteiger partial charge in [0.1, 0.15) is 0 Å². The molecule has 1 fully saturated rings. The fourth-order valence-electron chi connectivity index (χ4n) is 1.47. The lowest BCUT2D eigenvalue weighted by Gasteiger charge is -2.31. The Morgan fingerprint density at radius 2 is 2.00 bits per heavy atom. The Morgan fingerprint density at radius 3 is 2.53 bits per heavy atom. The molecular formula is C8H13N5OS. The van der Waals surface area contributed by atoms with E-state index in [-0.39, 0.29) is 5.91 Å². The number of carbonyl (C=O) groups excluding carboxylic acids is 1. The number of nitrogen functional groups attached to an aromatic ring is 1. The van der Waals surface area contributed by atoms with Gasteiger partial charge in [0.25, 0.3) is 5.91 Å². The monoisotopic (exact) mass is 227 g/mol. The number of likely N-dealkylation sites (N-methyl/N-ethyl adjacent to an activating group) is 1. The minimum absolute atomic E-state index is 0.0581. The second-order valence-electron chi connectivity index (χ2n) is 3.54. The van der Waals surface area contributed by atoms with Crippen LogP contribution < -0.4 is 5.73 Å². The first-order valence-electron chi connectivity index (χ1n) is 4.73. The highest BCUT2D eigenvalue weighted by atomic mass is 32.1. The van der Waals surface area contributed by atoms with Crippen molar-refractivity contribution in [3.63, 3.8) is 0 Å². The largest absolute Gasteiger partial charge is 0.374 e. The van der Waals surface area contributed by atoms with Crippen LogP contribution >= 0.6 is 11.3 Å². The second kappa shape index (κ2) is 4.11. The van der Waals surface area contributed by atoms with Crippen molar-refractivity contribution in [2.45, 2.75) is 0 Å². The Kier molecular flexibility index (Phi) is 2.83. The molecule has 0 aliphatic carbocycles. The SMILES string of the molecule is CN1CCN(C(=O)c2nnc(N)s2)CC1. The Bertz CT molecular complexity index is 358. The molecule has 1 aromatic heterocycles. The van der Waals surface area contributed by atoms with Gasteiger partial charge >= 0.3 is 0 Å². The van der Waals surface area contributed by atoms with Crippen LogP contribution in [0.3, 0.4) is 0 Å². The topological polar surface area (TPSA) is 75.3 Å². The van der Waals surface area contributed by atoms with Crippen LogP contribution in [0.1, 0.15) is 9.80 Å². The third kappa shape index (κ3) is 2.24. The zero-order valence-corrected chi connectivity index (χ0v) is 9.33. The van der Waals surface area contributed by atoms with Crippen molar-refractivity contribution >= 4 is 22.4 Å². The lowest BCUT2D eigenvalue weighted by Crippen LogP contribution is -2.47. The summed E-state index contributed by atoms with van der Waals surface area (Å²) in [5.74, 6) is -0.0581. The van der Waals surface area contributed by atoms with Gasteiger partial charge in [-0.25, -0.2) is 0 Å². The Hall–Kier alpha value is -1.21. The molecule has 2 heterocycles. The van der Waals surface area contributed by atoms with E-state index in [1.165, 1.54) is 0 Å². The lowest BCUT2D eigenvalue weighted by molar-refractivity contribution is 0.0663. The van der Waals surface area contributed by atoms with Gasteiger partial charge in [0.05, 0.1) is 0 Å². The molecule has 2 N–H and O–H groups in total. The maximum Gasteiger partial charge on any atom is 0.284 e. The van der Waals surface area contributed by atoms with Gasteiger partial charge in [-0.1, -0.05) is 11.3 Å². The second-order valence-corrected chi connectivity index (χ2v) is 4.55. The minimum atomic E-state index is -0.0581. The molecule has 15 heavy (non-hydrogen) atoms. The highest BCUT2D eigenvalue weighted by Gasteiger charge is 2.22. The molecule has 0 aromatic carbocycles. The van der Waals surface area contributed by atoms with Crippen LogP contribution in [0.25, 0.3) is 0 Å². The summed E-state index contributed by atoms with van der Waals surface area (Å²) >= 11 is 1.14. The maximum atomic E-state index is 11.9. The van der Waals surface area contributed by atoms with Crippen LogP contribution in [-0.4, -0.2) is 59.1 Å². The van der Waals surface area contributed by atoms with Crippen LogP contribution in [0.4, 0.5) is 5.13 Å². The molecule has 1 aliphatic heterocycles. The Balaban J connectivity index is 2.02. The normalized spacial score (nSPS) is 18.1. The average Bonchev–Trinajstić information content (AvgIpc) is 2.65. The maximum absolute atomic E-state index is 11.9. The van der Waals surface area contributed by atoms with E-state index in [1.807, 2.05) is 7.05 Å². The van der Waals surface area contributed by atoms with E-state index in [0.29, 0.717) is 10.1 Å². The first-order chi connectivity index (χ1) is 7.16. The summed E-state index contributed by atoms with van der Waals surface area (Å²) in [7, 11) is 2.05. The first-order valence-corrected chi connectivity index (χ1v) is 5.55. The number of carbonyl (C=O) groups is 1. The minimum Gasteiger partial charge on any atom is -0.374 e. The molecule has 6 nitrogen and oxygen atoms in total. The Morgan fingerprint density at radius 1 is 1.33 bits per heavy atom. The van der Waals surface area contributed by atoms with Crippen molar-refractivity contribution in [1.29, 1.82) is 0 Å². The van der Waals surface area contributed by atoms with Gasteiger partial charge in [0, 0.05) is 26.2 Å². The lowest BCUT2D eigenvalue weighted by atomic mass is 10.3. The molecule has 0 saturated carbocycles. The van der Waals surface area contributed by atoms with Crippen molar-refractivity contribution in [2.75, 3.05) is 39.0 Å². The average molecular weight is 227 g/mol. The van der Waals surface area contributed by atoms with Crippen molar-refractivity contribution in [2.24, 2.45) is 0 Å². The molecule has 1 saturated heterocycles. The molecular weight excluding hydrogens is 214 g/mol. The molecule has 0 radical (unpaired) electrons. The molecule has 7 heteroatoms. The zero-order chi connectivity index (χ0) is 10.8. The summed E-state index contributed by atoms with van der Waals surface area (Å²) in [5, 5.41) is 8.11. The number of nitrogens with two attached hydrogens (primary N) is 1. The van der Waals surface area contributed by atoms with E-state index in [9.17, 15) is 4.79 Å². The summed E-state index contributed by atoms with van der Waals surface area (Å²) in [5.41, 5.74) is 5.43. The predicted octanol–water partition coefficient (Wildman–Crippen LogP) is -0.492. The van der Waals surface area contributed by atoms with E-state index in [2.05, 4.69) is 15.1 Å². The van der Waals surface area contributed by atoms with E-state index < -0.39 is 0 Å². The number of aromatic nitrogens is 2. The van der Waals surface area contributed by atoms with Gasteiger partial charge in [0.2, 0.25) is 10.1 Å². The summed E-state index contributed by atoms with van der Waals surface area (Å²) < 4.78 is 0. The van der Waals surface area contributed by atoms with Crippen LogP contribution in [-0.2, 0) is 0 Å². The number of anilines is 1. The summed E-state index contributed by atoms with van der Waals surface area (Å²) in [6.45, 7) is 3.30. The van der Waals surface area contributed by atoms with Crippen molar-refractivity contribution in [3.05, 3.63) is 5.01 Å². The van der Waals surface area contributed by atoms with E-state index in [1.54, 1.807) is 4.90 Å². The molecule has 0 unspecified atom stereocenters. The summed E-state index contributed by atoms with van der Waals surface area (Å²) in [6.07, 6.45) is 0. The third-order valence-electron chi connectivity index (χ3n) is 2.41. The fourth-order valence-corrected chi connectivity index (χ4v) is 2.04. The van der Waals surface area contributed by atoms with E-state index >= 15 is 0 Å². The molecule has 0 spiro atoms. The summed E-state index contributed by atoms with van der Waals surface area (Å²) in [6, 6.07) is 0. The van der Waals surface area contributed by atoms with Gasteiger partial charge < -0.3 is 15.5 Å². The molecule has 1 aromatic rings. The van der Waals surface area contributed by atoms with E-state index in [4.69, 9.17) is 5.73 Å². The van der Waals surface area contributed by atoms with Gasteiger partial charge in [-0.3, -0.25) is 4.79 Å². The molecule has 1 aliphatic rings. The van der Waals surface area contributed by atoms with Gasteiger partial charge in [-0.05, 0) is 7.05 Å². The standard InChI is InChI=1S/C8H13N5OS/c1-12-2-4-13(5-3-12)7(14)6-10-11-8(9)15-6/h2-5H2,1H3,(H2,9,11). The van der Waals surface area contributed by atoms with Crippen LogP contribution in [0.15, 0.2) is 0 Å². The van der Waals surface area contributed by atoms with Crippen molar-refractivity contribution in [3.8, 4) is 0 Å². The predicted molar refractivity (Wildman–Crippen MR) is 57.7 cm³/mol. The van der Waals surface area contributed by atoms with Gasteiger partial charge in [0.15, 0.2) is 0 Å².